The van der Waals surface area contributed by atoms with E-state index < -0.39 is 5.97 Å². The van der Waals surface area contributed by atoms with Crippen LogP contribution in [0.25, 0.3) is 11.0 Å². The Morgan fingerprint density at radius 3 is 2.84 bits per heavy atom. The highest BCUT2D eigenvalue weighted by molar-refractivity contribution is 7.98. The van der Waals surface area contributed by atoms with E-state index in [1.165, 1.54) is 0 Å². The zero-order valence-corrected chi connectivity index (χ0v) is 11.9. The summed E-state index contributed by atoms with van der Waals surface area (Å²) < 4.78 is 5.68. The number of para-hydroxylation sites is 1. The standard InChI is InChI=1S/C14H17NO3S/c1-15(7-8-19-2)9-12-13(14(16)17)10-5-3-4-6-11(10)18-12/h3-6H,7-9H2,1-2H3,(H,16,17). The number of hydrogen-bond acceptors (Lipinski definition) is 4. The van der Waals surface area contributed by atoms with Crippen molar-refractivity contribution in [3.63, 3.8) is 0 Å². The number of aromatic carboxylic acids is 1. The van der Waals surface area contributed by atoms with Gasteiger partial charge in [0, 0.05) is 17.7 Å². The molecule has 0 radical (unpaired) electrons. The SMILES string of the molecule is CSCCN(C)Cc1oc2ccccc2c1C(=O)O. The first-order valence-corrected chi connectivity index (χ1v) is 7.44. The van der Waals surface area contributed by atoms with E-state index in [4.69, 9.17) is 4.42 Å². The molecule has 0 saturated heterocycles. The van der Waals surface area contributed by atoms with E-state index in [1.807, 2.05) is 19.2 Å². The van der Waals surface area contributed by atoms with Gasteiger partial charge in [-0.3, -0.25) is 4.90 Å². The van der Waals surface area contributed by atoms with Gasteiger partial charge in [0.25, 0.3) is 0 Å². The van der Waals surface area contributed by atoms with Gasteiger partial charge in [0.2, 0.25) is 0 Å². The predicted octanol–water partition coefficient (Wildman–Crippen LogP) is 2.93. The third-order valence-corrected chi connectivity index (χ3v) is 3.56. The minimum Gasteiger partial charge on any atom is -0.478 e. The van der Waals surface area contributed by atoms with Gasteiger partial charge in [-0.2, -0.15) is 11.8 Å². The van der Waals surface area contributed by atoms with E-state index in [1.54, 1.807) is 23.9 Å². The summed E-state index contributed by atoms with van der Waals surface area (Å²) in [6, 6.07) is 7.26. The van der Waals surface area contributed by atoms with Crippen LogP contribution in [0.3, 0.4) is 0 Å². The molecule has 0 spiro atoms. The van der Waals surface area contributed by atoms with Gasteiger partial charge >= 0.3 is 5.97 Å². The van der Waals surface area contributed by atoms with Gasteiger partial charge in [-0.05, 0) is 19.4 Å². The first kappa shape index (κ1) is 14.0. The molecule has 2 rings (SSSR count). The second-order valence-electron chi connectivity index (χ2n) is 4.43. The number of fused-ring (bicyclic) bond motifs is 1. The Morgan fingerprint density at radius 2 is 2.16 bits per heavy atom. The average molecular weight is 279 g/mol. The maximum atomic E-state index is 11.4. The number of carbonyl (C=O) groups is 1. The van der Waals surface area contributed by atoms with Crippen LogP contribution in [0.4, 0.5) is 0 Å². The molecule has 0 atom stereocenters. The maximum Gasteiger partial charge on any atom is 0.339 e. The zero-order valence-electron chi connectivity index (χ0n) is 11.0. The number of benzene rings is 1. The van der Waals surface area contributed by atoms with Crippen molar-refractivity contribution in [2.45, 2.75) is 6.54 Å². The minimum atomic E-state index is -0.932. The van der Waals surface area contributed by atoms with Crippen molar-refractivity contribution in [1.82, 2.24) is 4.90 Å². The molecule has 19 heavy (non-hydrogen) atoms. The van der Waals surface area contributed by atoms with E-state index >= 15 is 0 Å². The normalized spacial score (nSPS) is 11.3. The number of thioether (sulfide) groups is 1. The first-order valence-electron chi connectivity index (χ1n) is 6.04. The lowest BCUT2D eigenvalue weighted by Gasteiger charge is -2.14. The quantitative estimate of drug-likeness (QED) is 0.881. The fourth-order valence-corrected chi connectivity index (χ4v) is 2.51. The van der Waals surface area contributed by atoms with E-state index in [-0.39, 0.29) is 5.56 Å². The van der Waals surface area contributed by atoms with Crippen LogP contribution in [0, 0.1) is 0 Å². The number of carboxylic acids is 1. The first-order chi connectivity index (χ1) is 9.13. The highest BCUT2D eigenvalue weighted by atomic mass is 32.2. The highest BCUT2D eigenvalue weighted by Crippen LogP contribution is 2.26. The topological polar surface area (TPSA) is 53.7 Å². The third kappa shape index (κ3) is 3.11. The molecular formula is C14H17NO3S. The molecular weight excluding hydrogens is 262 g/mol. The number of carboxylic acid groups (broad SMARTS) is 1. The molecule has 1 N–H and O–H groups in total. The monoisotopic (exact) mass is 279 g/mol. The fraction of sp³-hybridized carbons (Fsp3) is 0.357. The van der Waals surface area contributed by atoms with E-state index in [2.05, 4.69) is 11.2 Å². The molecule has 1 heterocycles. The highest BCUT2D eigenvalue weighted by Gasteiger charge is 2.20. The number of hydrogen-bond donors (Lipinski definition) is 1. The van der Waals surface area contributed by atoms with Gasteiger partial charge < -0.3 is 9.52 Å². The Labute approximate surface area is 116 Å². The molecule has 0 bridgehead atoms. The molecule has 0 fully saturated rings. The predicted molar refractivity (Wildman–Crippen MR) is 77.9 cm³/mol. The van der Waals surface area contributed by atoms with Gasteiger partial charge in [0.1, 0.15) is 16.9 Å². The molecule has 4 nitrogen and oxygen atoms in total. The summed E-state index contributed by atoms with van der Waals surface area (Å²) in [4.78, 5) is 13.5. The summed E-state index contributed by atoms with van der Waals surface area (Å²) in [5, 5.41) is 10.0. The van der Waals surface area contributed by atoms with Crippen LogP contribution < -0.4 is 0 Å². The molecule has 1 aromatic carbocycles. The lowest BCUT2D eigenvalue weighted by molar-refractivity contribution is 0.0695. The van der Waals surface area contributed by atoms with Crippen molar-refractivity contribution in [3.8, 4) is 0 Å². The van der Waals surface area contributed by atoms with Crippen LogP contribution in [-0.2, 0) is 6.54 Å². The Morgan fingerprint density at radius 1 is 1.42 bits per heavy atom. The number of rotatable bonds is 6. The zero-order chi connectivity index (χ0) is 13.8. The summed E-state index contributed by atoms with van der Waals surface area (Å²) in [7, 11) is 1.97. The van der Waals surface area contributed by atoms with E-state index in [0.29, 0.717) is 23.3 Å². The summed E-state index contributed by atoms with van der Waals surface area (Å²) >= 11 is 1.77. The van der Waals surface area contributed by atoms with Crippen molar-refractivity contribution in [3.05, 3.63) is 35.6 Å². The van der Waals surface area contributed by atoms with Crippen molar-refractivity contribution in [2.75, 3.05) is 25.6 Å². The molecule has 0 aliphatic carbocycles. The average Bonchev–Trinajstić information content (AvgIpc) is 2.74. The third-order valence-electron chi connectivity index (χ3n) is 2.97. The molecule has 2 aromatic rings. The molecule has 0 saturated carbocycles. The van der Waals surface area contributed by atoms with Gasteiger partial charge in [-0.1, -0.05) is 18.2 Å². The van der Waals surface area contributed by atoms with Crippen LogP contribution in [0.1, 0.15) is 16.1 Å². The largest absolute Gasteiger partial charge is 0.478 e. The minimum absolute atomic E-state index is 0.284. The van der Waals surface area contributed by atoms with Gasteiger partial charge in [0.15, 0.2) is 0 Å². The van der Waals surface area contributed by atoms with Crippen molar-refractivity contribution in [1.29, 1.82) is 0 Å². The van der Waals surface area contributed by atoms with E-state index in [9.17, 15) is 9.90 Å². The Hall–Kier alpha value is -1.46. The Balaban J connectivity index is 2.31. The van der Waals surface area contributed by atoms with Crippen LogP contribution in [0.5, 0.6) is 0 Å². The van der Waals surface area contributed by atoms with Gasteiger partial charge in [-0.25, -0.2) is 4.79 Å². The second kappa shape index (κ2) is 6.12. The lowest BCUT2D eigenvalue weighted by atomic mass is 10.1. The Bertz CT molecular complexity index is 579. The molecule has 0 aliphatic heterocycles. The summed E-state index contributed by atoms with van der Waals surface area (Å²) in [5.74, 6) is 0.606. The van der Waals surface area contributed by atoms with E-state index in [0.717, 1.165) is 12.3 Å². The summed E-state index contributed by atoms with van der Waals surface area (Å²) in [6.07, 6.45) is 2.05. The molecule has 0 unspecified atom stereocenters. The fourth-order valence-electron chi connectivity index (χ4n) is 2.01. The van der Waals surface area contributed by atoms with Crippen LogP contribution in [0.2, 0.25) is 0 Å². The summed E-state index contributed by atoms with van der Waals surface area (Å²) in [5.41, 5.74) is 0.916. The molecule has 5 heteroatoms. The number of nitrogens with zero attached hydrogens (tertiary/aromatic N) is 1. The lowest BCUT2D eigenvalue weighted by Crippen LogP contribution is -2.21. The smallest absolute Gasteiger partial charge is 0.339 e. The molecule has 1 aromatic heterocycles. The van der Waals surface area contributed by atoms with Crippen molar-refractivity contribution in [2.24, 2.45) is 0 Å². The molecule has 102 valence electrons. The summed E-state index contributed by atoms with van der Waals surface area (Å²) in [6.45, 7) is 1.41. The van der Waals surface area contributed by atoms with Crippen LogP contribution >= 0.6 is 11.8 Å². The maximum absolute atomic E-state index is 11.4. The Kier molecular flexibility index (Phi) is 4.50. The second-order valence-corrected chi connectivity index (χ2v) is 5.42. The van der Waals surface area contributed by atoms with Crippen LogP contribution in [-0.4, -0.2) is 41.6 Å². The molecule has 0 amide bonds. The number of furan rings is 1. The van der Waals surface area contributed by atoms with Crippen molar-refractivity contribution >= 4 is 28.7 Å². The van der Waals surface area contributed by atoms with Crippen molar-refractivity contribution < 1.29 is 14.3 Å². The van der Waals surface area contributed by atoms with Crippen LogP contribution in [0.15, 0.2) is 28.7 Å². The van der Waals surface area contributed by atoms with Gasteiger partial charge in [-0.15, -0.1) is 0 Å². The molecule has 0 aliphatic rings. The van der Waals surface area contributed by atoms with Gasteiger partial charge in [0.05, 0.1) is 6.54 Å².